The van der Waals surface area contributed by atoms with Gasteiger partial charge in [-0.25, -0.2) is 4.79 Å². The van der Waals surface area contributed by atoms with Crippen LogP contribution in [-0.2, 0) is 27.5 Å². The van der Waals surface area contributed by atoms with Crippen molar-refractivity contribution in [1.82, 2.24) is 9.80 Å². The van der Waals surface area contributed by atoms with E-state index in [2.05, 4.69) is 0 Å². The zero-order valence-corrected chi connectivity index (χ0v) is 24.1. The molecular formula is C34H28N2O6S. The number of benzene rings is 4. The van der Waals surface area contributed by atoms with Crippen molar-refractivity contribution in [2.45, 2.75) is 30.7 Å². The minimum atomic E-state index is -1.09. The Labute approximate surface area is 253 Å². The number of rotatable bonds is 10. The van der Waals surface area contributed by atoms with E-state index in [0.29, 0.717) is 17.9 Å². The van der Waals surface area contributed by atoms with E-state index in [1.165, 1.54) is 16.7 Å². The molecule has 8 nitrogen and oxygen atoms in total. The molecule has 2 aliphatic rings. The van der Waals surface area contributed by atoms with Crippen molar-refractivity contribution in [2.75, 3.05) is 6.26 Å². The zero-order chi connectivity index (χ0) is 29.9. The standard InChI is InChI=1S/C34H28N2O6S/c1-43-33-29(35-30(37)26-14-8-9-15-27(26)31(35)38)32(39)36(33)28(34(40)42-21-23-12-6-3-7-13-23)24-16-18-25(19-17-24)41-20-22-10-4-2-5-11-22/h2-19,28-29,33H,20-21H2,1H3. The quantitative estimate of drug-likeness (QED) is 0.141. The Morgan fingerprint density at radius 1 is 0.744 bits per heavy atom. The van der Waals surface area contributed by atoms with Crippen LogP contribution in [0.1, 0.15) is 43.4 Å². The summed E-state index contributed by atoms with van der Waals surface area (Å²) in [5, 5.41) is -0.655. The smallest absolute Gasteiger partial charge is 0.333 e. The molecular weight excluding hydrogens is 564 g/mol. The van der Waals surface area contributed by atoms with Gasteiger partial charge in [-0.15, -0.1) is 11.8 Å². The van der Waals surface area contributed by atoms with Crippen LogP contribution in [0.4, 0.5) is 0 Å². The van der Waals surface area contributed by atoms with Crippen molar-refractivity contribution in [3.8, 4) is 5.75 Å². The van der Waals surface area contributed by atoms with Gasteiger partial charge < -0.3 is 14.4 Å². The van der Waals surface area contributed by atoms with Crippen molar-refractivity contribution in [2.24, 2.45) is 0 Å². The second-order valence-electron chi connectivity index (χ2n) is 10.2. The van der Waals surface area contributed by atoms with E-state index in [9.17, 15) is 19.2 Å². The first-order valence-corrected chi connectivity index (χ1v) is 15.1. The highest BCUT2D eigenvalue weighted by Crippen LogP contribution is 2.42. The lowest BCUT2D eigenvalue weighted by molar-refractivity contribution is -0.167. The third kappa shape index (κ3) is 5.39. The van der Waals surface area contributed by atoms with Gasteiger partial charge in [0.15, 0.2) is 6.04 Å². The molecule has 43 heavy (non-hydrogen) atoms. The van der Waals surface area contributed by atoms with Gasteiger partial charge in [-0.3, -0.25) is 19.3 Å². The lowest BCUT2D eigenvalue weighted by atomic mass is 9.96. The predicted octanol–water partition coefficient (Wildman–Crippen LogP) is 5.25. The fourth-order valence-corrected chi connectivity index (χ4v) is 6.34. The number of thioether (sulfide) groups is 1. The number of fused-ring (bicyclic) bond motifs is 1. The molecule has 3 unspecified atom stereocenters. The van der Waals surface area contributed by atoms with Crippen LogP contribution < -0.4 is 4.74 Å². The average molecular weight is 593 g/mol. The lowest BCUT2D eigenvalue weighted by Crippen LogP contribution is -2.71. The largest absolute Gasteiger partial charge is 0.489 e. The first-order valence-electron chi connectivity index (χ1n) is 13.8. The molecule has 0 saturated carbocycles. The maximum Gasteiger partial charge on any atom is 0.333 e. The molecule has 0 aromatic heterocycles. The topological polar surface area (TPSA) is 93.2 Å². The van der Waals surface area contributed by atoms with Gasteiger partial charge in [0.1, 0.15) is 30.4 Å². The molecule has 3 amide bonds. The third-order valence-corrected chi connectivity index (χ3v) is 8.53. The molecule has 4 aromatic carbocycles. The minimum absolute atomic E-state index is 0.0300. The minimum Gasteiger partial charge on any atom is -0.489 e. The number of carbonyl (C=O) groups is 4. The van der Waals surface area contributed by atoms with Crippen molar-refractivity contribution in [3.63, 3.8) is 0 Å². The summed E-state index contributed by atoms with van der Waals surface area (Å²) in [6, 6.07) is 30.4. The fourth-order valence-electron chi connectivity index (χ4n) is 5.39. The monoisotopic (exact) mass is 592 g/mol. The third-order valence-electron chi connectivity index (χ3n) is 7.57. The summed E-state index contributed by atoms with van der Waals surface area (Å²) in [5.74, 6) is -1.54. The van der Waals surface area contributed by atoms with E-state index in [0.717, 1.165) is 16.0 Å². The van der Waals surface area contributed by atoms with E-state index in [4.69, 9.17) is 9.47 Å². The van der Waals surface area contributed by atoms with Crippen LogP contribution in [0.5, 0.6) is 5.75 Å². The molecule has 3 atom stereocenters. The highest BCUT2D eigenvalue weighted by atomic mass is 32.2. The molecule has 0 aliphatic carbocycles. The molecule has 0 radical (unpaired) electrons. The maximum atomic E-state index is 13.8. The Bertz CT molecular complexity index is 1630. The molecule has 6 rings (SSSR count). The molecule has 2 aliphatic heterocycles. The number of β-lactam (4-membered cyclic amide) rings is 1. The van der Waals surface area contributed by atoms with Crippen molar-refractivity contribution >= 4 is 35.5 Å². The Kier molecular flexibility index (Phi) is 7.98. The molecule has 0 bridgehead atoms. The first kappa shape index (κ1) is 28.2. The zero-order valence-electron chi connectivity index (χ0n) is 23.3. The van der Waals surface area contributed by atoms with Crippen molar-refractivity contribution in [3.05, 3.63) is 137 Å². The SMILES string of the molecule is CSC1C(N2C(=O)c3ccccc3C2=O)C(=O)N1C(C(=O)OCc1ccccc1)c1ccc(OCc2ccccc2)cc1. The Morgan fingerprint density at radius 2 is 1.28 bits per heavy atom. The van der Waals surface area contributed by atoms with Crippen LogP contribution in [0.25, 0.3) is 0 Å². The summed E-state index contributed by atoms with van der Waals surface area (Å²) in [5.41, 5.74) is 2.88. The van der Waals surface area contributed by atoms with Gasteiger partial charge in [0.25, 0.3) is 17.7 Å². The number of nitrogens with zero attached hydrogens (tertiary/aromatic N) is 2. The highest BCUT2D eigenvalue weighted by molar-refractivity contribution is 7.99. The van der Waals surface area contributed by atoms with Crippen LogP contribution in [0, 0.1) is 0 Å². The van der Waals surface area contributed by atoms with Crippen molar-refractivity contribution in [1.29, 1.82) is 0 Å². The van der Waals surface area contributed by atoms with Gasteiger partial charge in [-0.1, -0.05) is 84.9 Å². The van der Waals surface area contributed by atoms with Crippen LogP contribution >= 0.6 is 11.8 Å². The number of likely N-dealkylation sites (tertiary alicyclic amines) is 1. The molecule has 4 aromatic rings. The summed E-state index contributed by atoms with van der Waals surface area (Å²) < 4.78 is 11.6. The number of amides is 3. The van der Waals surface area contributed by atoms with E-state index in [1.54, 1.807) is 54.8 Å². The first-order chi connectivity index (χ1) is 21.0. The van der Waals surface area contributed by atoms with Crippen LogP contribution in [-0.4, -0.2) is 51.2 Å². The molecule has 9 heteroatoms. The van der Waals surface area contributed by atoms with Crippen molar-refractivity contribution < 1.29 is 28.7 Å². The number of esters is 1. The Hall–Kier alpha value is -4.89. The summed E-state index contributed by atoms with van der Waals surface area (Å²) in [7, 11) is 0. The van der Waals surface area contributed by atoms with Crippen LogP contribution in [0.15, 0.2) is 109 Å². The van der Waals surface area contributed by atoms with E-state index in [-0.39, 0.29) is 17.7 Å². The summed E-state index contributed by atoms with van der Waals surface area (Å²) in [6.07, 6.45) is 1.78. The van der Waals surface area contributed by atoms with Gasteiger partial charge in [0.2, 0.25) is 0 Å². The summed E-state index contributed by atoms with van der Waals surface area (Å²) >= 11 is 1.29. The number of hydrogen-bond acceptors (Lipinski definition) is 7. The average Bonchev–Trinajstić information content (AvgIpc) is 3.30. The predicted molar refractivity (Wildman–Crippen MR) is 161 cm³/mol. The summed E-state index contributed by atoms with van der Waals surface area (Å²) in [4.78, 5) is 56.4. The van der Waals surface area contributed by atoms with Gasteiger partial charge in [-0.2, -0.15) is 0 Å². The van der Waals surface area contributed by atoms with E-state index in [1.807, 2.05) is 60.7 Å². The second kappa shape index (κ2) is 12.1. The maximum absolute atomic E-state index is 13.8. The van der Waals surface area contributed by atoms with Crippen LogP contribution in [0.3, 0.4) is 0 Å². The Morgan fingerprint density at radius 3 is 1.84 bits per heavy atom. The fraction of sp³-hybridized carbons (Fsp3) is 0.176. The molecule has 2 heterocycles. The number of ether oxygens (including phenoxy) is 2. The molecule has 1 saturated heterocycles. The van der Waals surface area contributed by atoms with Gasteiger partial charge in [-0.05, 0) is 47.2 Å². The molecule has 1 fully saturated rings. The number of imide groups is 1. The number of carbonyl (C=O) groups excluding carboxylic acids is 4. The van der Waals surface area contributed by atoms with Gasteiger partial charge in [0.05, 0.1) is 11.1 Å². The lowest BCUT2D eigenvalue weighted by Gasteiger charge is -2.51. The molecule has 216 valence electrons. The van der Waals surface area contributed by atoms with Crippen LogP contribution in [0.2, 0.25) is 0 Å². The van der Waals surface area contributed by atoms with E-state index >= 15 is 0 Å². The summed E-state index contributed by atoms with van der Waals surface area (Å²) in [6.45, 7) is 0.409. The Balaban J connectivity index is 1.26. The van der Waals surface area contributed by atoms with Gasteiger partial charge >= 0.3 is 5.97 Å². The molecule has 0 N–H and O–H groups in total. The highest BCUT2D eigenvalue weighted by Gasteiger charge is 2.59. The second-order valence-corrected chi connectivity index (χ2v) is 11.1. The number of hydrogen-bond donors (Lipinski definition) is 0. The normalized spacial score (nSPS) is 18.2. The van der Waals surface area contributed by atoms with E-state index < -0.39 is 41.1 Å². The molecule has 0 spiro atoms. The van der Waals surface area contributed by atoms with Gasteiger partial charge in [0, 0.05) is 0 Å².